The molecule has 0 radical (unpaired) electrons. The van der Waals surface area contributed by atoms with E-state index in [1.165, 1.54) is 12.1 Å². The molecule has 1 aromatic rings. The van der Waals surface area contributed by atoms with Crippen molar-refractivity contribution in [2.24, 2.45) is 5.92 Å². The molecule has 1 aromatic carbocycles. The molecule has 0 aliphatic heterocycles. The van der Waals surface area contributed by atoms with Crippen molar-refractivity contribution in [2.75, 3.05) is 0 Å². The maximum Gasteiger partial charge on any atom is 0.407 e. The molecule has 1 N–H and O–H groups in total. The van der Waals surface area contributed by atoms with Crippen molar-refractivity contribution in [1.82, 2.24) is 5.32 Å². The van der Waals surface area contributed by atoms with Crippen molar-refractivity contribution in [1.29, 1.82) is 0 Å². The number of ether oxygens (including phenoxy) is 1. The van der Waals surface area contributed by atoms with E-state index in [0.717, 1.165) is 5.56 Å². The lowest BCUT2D eigenvalue weighted by molar-refractivity contribution is -0.384. The number of hydrogen-bond donors (Lipinski definition) is 1. The van der Waals surface area contributed by atoms with Gasteiger partial charge in [-0.2, -0.15) is 0 Å². The van der Waals surface area contributed by atoms with Crippen LogP contribution in [0.3, 0.4) is 0 Å². The minimum absolute atomic E-state index is 0.0601. The molecule has 1 rings (SSSR count). The molecule has 0 unspecified atom stereocenters. The Morgan fingerprint density at radius 2 is 1.82 bits per heavy atom. The van der Waals surface area contributed by atoms with Gasteiger partial charge >= 0.3 is 6.09 Å². The van der Waals surface area contributed by atoms with Crippen LogP contribution in [0.1, 0.15) is 40.2 Å². The van der Waals surface area contributed by atoms with Gasteiger partial charge in [0, 0.05) is 18.2 Å². The minimum Gasteiger partial charge on any atom is -0.444 e. The van der Waals surface area contributed by atoms with E-state index in [4.69, 9.17) is 4.74 Å². The topological polar surface area (TPSA) is 81.5 Å². The van der Waals surface area contributed by atoms with Gasteiger partial charge in [-0.3, -0.25) is 10.1 Å². The summed E-state index contributed by atoms with van der Waals surface area (Å²) in [6.45, 7) is 9.45. The van der Waals surface area contributed by atoms with Crippen LogP contribution in [0.25, 0.3) is 0 Å². The first-order valence-electron chi connectivity index (χ1n) is 7.31. The fraction of sp³-hybridized carbons (Fsp3) is 0.562. The van der Waals surface area contributed by atoms with Crippen LogP contribution < -0.4 is 5.32 Å². The summed E-state index contributed by atoms with van der Waals surface area (Å²) in [4.78, 5) is 22.1. The zero-order chi connectivity index (χ0) is 16.9. The van der Waals surface area contributed by atoms with Crippen molar-refractivity contribution >= 4 is 11.8 Å². The van der Waals surface area contributed by atoms with Gasteiger partial charge in [-0.05, 0) is 38.7 Å². The first-order valence-corrected chi connectivity index (χ1v) is 7.31. The molecule has 1 atom stereocenters. The van der Waals surface area contributed by atoms with Crippen molar-refractivity contribution in [3.8, 4) is 0 Å². The number of nitro groups is 1. The largest absolute Gasteiger partial charge is 0.444 e. The Morgan fingerprint density at radius 1 is 1.27 bits per heavy atom. The molecule has 0 saturated heterocycles. The summed E-state index contributed by atoms with van der Waals surface area (Å²) in [7, 11) is 0. The van der Waals surface area contributed by atoms with Gasteiger partial charge in [0.25, 0.3) is 5.69 Å². The molecule has 0 heterocycles. The van der Waals surface area contributed by atoms with E-state index in [1.54, 1.807) is 12.1 Å². The van der Waals surface area contributed by atoms with Crippen LogP contribution in [-0.2, 0) is 11.2 Å². The molecule has 122 valence electrons. The number of alkyl carbamates (subject to hydrolysis) is 1. The maximum atomic E-state index is 11.9. The molecule has 0 aliphatic carbocycles. The van der Waals surface area contributed by atoms with E-state index < -0.39 is 16.6 Å². The highest BCUT2D eigenvalue weighted by molar-refractivity contribution is 5.68. The number of carbonyl (C=O) groups is 1. The third-order valence-corrected chi connectivity index (χ3v) is 3.11. The summed E-state index contributed by atoms with van der Waals surface area (Å²) >= 11 is 0. The van der Waals surface area contributed by atoms with E-state index >= 15 is 0 Å². The summed E-state index contributed by atoms with van der Waals surface area (Å²) < 4.78 is 5.27. The van der Waals surface area contributed by atoms with E-state index in [2.05, 4.69) is 5.32 Å². The van der Waals surface area contributed by atoms with Crippen LogP contribution in [0.5, 0.6) is 0 Å². The number of nitro benzene ring substituents is 1. The predicted octanol–water partition coefficient (Wildman–Crippen LogP) is 3.69. The summed E-state index contributed by atoms with van der Waals surface area (Å²) in [6.07, 6.45) is 0.141. The van der Waals surface area contributed by atoms with Crippen molar-refractivity contribution in [3.63, 3.8) is 0 Å². The monoisotopic (exact) mass is 308 g/mol. The number of amides is 1. The fourth-order valence-electron chi connectivity index (χ4n) is 1.92. The molecule has 0 bridgehead atoms. The Labute approximate surface area is 131 Å². The Morgan fingerprint density at radius 3 is 2.23 bits per heavy atom. The van der Waals surface area contributed by atoms with Crippen molar-refractivity contribution in [3.05, 3.63) is 39.9 Å². The summed E-state index contributed by atoms with van der Waals surface area (Å²) in [5.41, 5.74) is 0.448. The molecule has 0 aliphatic rings. The van der Waals surface area contributed by atoms with Gasteiger partial charge in [-0.25, -0.2) is 4.79 Å². The second-order valence-corrected chi connectivity index (χ2v) is 6.62. The lowest BCUT2D eigenvalue weighted by atomic mass is 9.96. The molecular formula is C16H24N2O4. The average Bonchev–Trinajstić information content (AvgIpc) is 2.36. The highest BCUT2D eigenvalue weighted by atomic mass is 16.6. The average molecular weight is 308 g/mol. The van der Waals surface area contributed by atoms with Crippen LogP contribution in [0, 0.1) is 16.0 Å². The normalized spacial score (nSPS) is 12.8. The van der Waals surface area contributed by atoms with Gasteiger partial charge in [0.15, 0.2) is 0 Å². The summed E-state index contributed by atoms with van der Waals surface area (Å²) in [5.74, 6) is 0.211. The molecule has 22 heavy (non-hydrogen) atoms. The third-order valence-electron chi connectivity index (χ3n) is 3.11. The molecular weight excluding hydrogens is 284 g/mol. The quantitative estimate of drug-likeness (QED) is 0.664. The lowest BCUT2D eigenvalue weighted by Gasteiger charge is -2.25. The molecule has 0 fully saturated rings. The van der Waals surface area contributed by atoms with E-state index in [1.807, 2.05) is 34.6 Å². The number of nitrogens with zero attached hydrogens (tertiary/aromatic N) is 1. The predicted molar refractivity (Wildman–Crippen MR) is 84.8 cm³/mol. The standard InChI is InChI=1S/C16H24N2O4/c1-11(2)14(17-15(19)22-16(3,4)5)10-12-6-8-13(9-7-12)18(20)21/h6-9,11,14H,10H2,1-5H3,(H,17,19)/t14-/m1/s1. The first-order chi connectivity index (χ1) is 10.1. The van der Waals surface area contributed by atoms with Gasteiger partial charge in [-0.15, -0.1) is 0 Å². The number of carbonyl (C=O) groups excluding carboxylic acids is 1. The van der Waals surface area contributed by atoms with Gasteiger partial charge in [-0.1, -0.05) is 26.0 Å². The van der Waals surface area contributed by atoms with E-state index in [9.17, 15) is 14.9 Å². The van der Waals surface area contributed by atoms with Gasteiger partial charge < -0.3 is 10.1 Å². The molecule has 1 amide bonds. The Balaban J connectivity index is 2.72. The molecule has 6 heteroatoms. The van der Waals surface area contributed by atoms with Crippen molar-refractivity contribution in [2.45, 2.75) is 52.7 Å². The van der Waals surface area contributed by atoms with Gasteiger partial charge in [0.05, 0.1) is 4.92 Å². The zero-order valence-electron chi connectivity index (χ0n) is 13.8. The number of nitrogens with one attached hydrogen (secondary N) is 1. The third kappa shape index (κ3) is 6.11. The van der Waals surface area contributed by atoms with Crippen LogP contribution >= 0.6 is 0 Å². The highest BCUT2D eigenvalue weighted by Gasteiger charge is 2.21. The van der Waals surface area contributed by atoms with Gasteiger partial charge in [0.2, 0.25) is 0 Å². The molecule has 0 saturated carbocycles. The maximum absolute atomic E-state index is 11.9. The Hall–Kier alpha value is -2.11. The van der Waals surface area contributed by atoms with E-state index in [-0.39, 0.29) is 17.6 Å². The zero-order valence-corrected chi connectivity index (χ0v) is 13.8. The number of hydrogen-bond acceptors (Lipinski definition) is 4. The number of rotatable bonds is 5. The van der Waals surface area contributed by atoms with Crippen LogP contribution in [0.4, 0.5) is 10.5 Å². The first kappa shape index (κ1) is 17.9. The highest BCUT2D eigenvalue weighted by Crippen LogP contribution is 2.16. The van der Waals surface area contributed by atoms with Crippen molar-refractivity contribution < 1.29 is 14.5 Å². The SMILES string of the molecule is CC(C)[C@@H](Cc1ccc([N+](=O)[O-])cc1)NC(=O)OC(C)(C)C. The Kier molecular flexibility index (Phi) is 5.91. The van der Waals surface area contributed by atoms with Crippen LogP contribution in [0.15, 0.2) is 24.3 Å². The second-order valence-electron chi connectivity index (χ2n) is 6.62. The van der Waals surface area contributed by atoms with Crippen LogP contribution in [-0.4, -0.2) is 22.7 Å². The molecule has 6 nitrogen and oxygen atoms in total. The molecule has 0 spiro atoms. The summed E-state index contributed by atoms with van der Waals surface area (Å²) in [5, 5.41) is 13.5. The lowest BCUT2D eigenvalue weighted by Crippen LogP contribution is -2.42. The minimum atomic E-state index is -0.543. The Bertz CT molecular complexity index is 518. The molecule has 0 aromatic heterocycles. The number of non-ortho nitro benzene ring substituents is 1. The van der Waals surface area contributed by atoms with Crippen LogP contribution in [0.2, 0.25) is 0 Å². The smallest absolute Gasteiger partial charge is 0.407 e. The fourth-order valence-corrected chi connectivity index (χ4v) is 1.92. The summed E-state index contributed by atoms with van der Waals surface area (Å²) in [6, 6.07) is 6.27. The number of benzene rings is 1. The van der Waals surface area contributed by atoms with Gasteiger partial charge in [0.1, 0.15) is 5.60 Å². The van der Waals surface area contributed by atoms with E-state index in [0.29, 0.717) is 6.42 Å². The second kappa shape index (κ2) is 7.24.